The monoisotopic (exact) mass is 488 g/mol. The molecule has 11 heteroatoms. The molecule has 2 aromatic rings. The Bertz CT molecular complexity index is 1040. The highest BCUT2D eigenvalue weighted by Gasteiger charge is 2.31. The number of rotatable bonds is 7. The van der Waals surface area contributed by atoms with Crippen molar-refractivity contribution in [3.8, 4) is 17.2 Å². The number of ether oxygens (including phenoxy) is 3. The van der Waals surface area contributed by atoms with Crippen LogP contribution in [-0.2, 0) is 14.8 Å². The van der Waals surface area contributed by atoms with E-state index in [0.29, 0.717) is 21.5 Å². The first-order valence-electron chi connectivity index (χ1n) is 9.34. The molecule has 0 aromatic heterocycles. The van der Waals surface area contributed by atoms with E-state index in [-0.39, 0.29) is 49.3 Å². The number of piperazine rings is 1. The number of halogens is 2. The van der Waals surface area contributed by atoms with Gasteiger partial charge in [0.2, 0.25) is 10.0 Å². The van der Waals surface area contributed by atoms with E-state index in [4.69, 9.17) is 37.4 Å². The standard InChI is InChI=1S/C20H22Cl2N2O6S/c1-28-17-7-6-14(12-18(17)29-2)31(26,27)24-10-8-23(9-11-24)19(25)13-30-20-15(21)4-3-5-16(20)22/h3-7,12H,8-11,13H2,1-2H3. The van der Waals surface area contributed by atoms with Crippen molar-refractivity contribution in [3.63, 3.8) is 0 Å². The Labute approximate surface area is 191 Å². The molecular formula is C20H22Cl2N2O6S. The summed E-state index contributed by atoms with van der Waals surface area (Å²) in [6.07, 6.45) is 0. The third-order valence-electron chi connectivity index (χ3n) is 4.84. The van der Waals surface area contributed by atoms with Crippen LogP contribution in [0, 0.1) is 0 Å². The Kier molecular flexibility index (Phi) is 7.53. The van der Waals surface area contributed by atoms with Crippen LogP contribution in [0.15, 0.2) is 41.3 Å². The minimum absolute atomic E-state index is 0.0987. The lowest BCUT2D eigenvalue weighted by atomic mass is 10.3. The summed E-state index contributed by atoms with van der Waals surface area (Å²) in [5, 5.41) is 0.622. The maximum atomic E-state index is 13.0. The Hall–Kier alpha value is -2.20. The lowest BCUT2D eigenvalue weighted by molar-refractivity contribution is -0.134. The fourth-order valence-corrected chi connectivity index (χ4v) is 5.09. The molecule has 31 heavy (non-hydrogen) atoms. The topological polar surface area (TPSA) is 85.4 Å². The van der Waals surface area contributed by atoms with Crippen molar-refractivity contribution in [2.24, 2.45) is 0 Å². The van der Waals surface area contributed by atoms with E-state index < -0.39 is 10.0 Å². The van der Waals surface area contributed by atoms with Crippen LogP contribution in [0.25, 0.3) is 0 Å². The molecule has 0 bridgehead atoms. The van der Waals surface area contributed by atoms with Gasteiger partial charge in [-0.3, -0.25) is 4.79 Å². The van der Waals surface area contributed by atoms with Crippen LogP contribution >= 0.6 is 23.2 Å². The molecule has 3 rings (SSSR count). The maximum absolute atomic E-state index is 13.0. The van der Waals surface area contributed by atoms with Gasteiger partial charge in [-0.05, 0) is 24.3 Å². The van der Waals surface area contributed by atoms with E-state index in [2.05, 4.69) is 0 Å². The summed E-state index contributed by atoms with van der Waals surface area (Å²) in [5.41, 5.74) is 0. The van der Waals surface area contributed by atoms with E-state index >= 15 is 0 Å². The number of nitrogens with zero attached hydrogens (tertiary/aromatic N) is 2. The largest absolute Gasteiger partial charge is 0.493 e. The van der Waals surface area contributed by atoms with Gasteiger partial charge in [0.15, 0.2) is 23.9 Å². The van der Waals surface area contributed by atoms with Gasteiger partial charge in [0, 0.05) is 32.2 Å². The van der Waals surface area contributed by atoms with E-state index in [0.717, 1.165) is 0 Å². The molecule has 8 nitrogen and oxygen atoms in total. The van der Waals surface area contributed by atoms with Gasteiger partial charge in [0.1, 0.15) is 0 Å². The minimum Gasteiger partial charge on any atom is -0.493 e. The van der Waals surface area contributed by atoms with Crippen molar-refractivity contribution in [1.29, 1.82) is 0 Å². The van der Waals surface area contributed by atoms with E-state index in [1.54, 1.807) is 29.2 Å². The summed E-state index contributed by atoms with van der Waals surface area (Å²) in [7, 11) is -0.823. The molecule has 2 aromatic carbocycles. The van der Waals surface area contributed by atoms with Gasteiger partial charge >= 0.3 is 0 Å². The van der Waals surface area contributed by atoms with Crippen LogP contribution in [0.4, 0.5) is 0 Å². The fourth-order valence-electron chi connectivity index (χ4n) is 3.15. The van der Waals surface area contributed by atoms with Gasteiger partial charge in [-0.2, -0.15) is 4.31 Å². The molecule has 1 amide bonds. The van der Waals surface area contributed by atoms with Gasteiger partial charge in [0.05, 0.1) is 29.2 Å². The second-order valence-electron chi connectivity index (χ2n) is 6.64. The summed E-state index contributed by atoms with van der Waals surface area (Å²) in [6, 6.07) is 9.35. The summed E-state index contributed by atoms with van der Waals surface area (Å²) in [4.78, 5) is 14.1. The lowest BCUT2D eigenvalue weighted by Gasteiger charge is -2.34. The van der Waals surface area contributed by atoms with Crippen molar-refractivity contribution in [2.75, 3.05) is 47.0 Å². The van der Waals surface area contributed by atoms with Crippen LogP contribution in [-0.4, -0.2) is 70.5 Å². The first-order valence-corrected chi connectivity index (χ1v) is 11.5. The van der Waals surface area contributed by atoms with Crippen molar-refractivity contribution in [1.82, 2.24) is 9.21 Å². The van der Waals surface area contributed by atoms with Crippen LogP contribution in [0.2, 0.25) is 10.0 Å². The molecule has 0 aliphatic carbocycles. The molecule has 0 radical (unpaired) electrons. The molecule has 168 valence electrons. The number of carbonyl (C=O) groups excluding carboxylic acids is 1. The Balaban J connectivity index is 1.61. The zero-order chi connectivity index (χ0) is 22.6. The Morgan fingerprint density at radius 1 is 0.968 bits per heavy atom. The van der Waals surface area contributed by atoms with Crippen molar-refractivity contribution in [2.45, 2.75) is 4.90 Å². The second kappa shape index (κ2) is 9.95. The zero-order valence-electron chi connectivity index (χ0n) is 17.0. The molecule has 0 atom stereocenters. The van der Waals surface area contributed by atoms with Crippen LogP contribution in [0.5, 0.6) is 17.2 Å². The second-order valence-corrected chi connectivity index (χ2v) is 9.39. The number of benzene rings is 2. The van der Waals surface area contributed by atoms with Gasteiger partial charge < -0.3 is 19.1 Å². The summed E-state index contributed by atoms with van der Waals surface area (Å²) < 4.78 is 43.1. The number of amides is 1. The summed E-state index contributed by atoms with van der Waals surface area (Å²) in [5.74, 6) is 0.733. The minimum atomic E-state index is -3.74. The number of methoxy groups -OCH3 is 2. The first kappa shape index (κ1) is 23.5. The number of carbonyl (C=O) groups is 1. The Morgan fingerprint density at radius 3 is 2.16 bits per heavy atom. The van der Waals surface area contributed by atoms with Gasteiger partial charge in [-0.25, -0.2) is 8.42 Å². The molecule has 1 aliphatic heterocycles. The molecular weight excluding hydrogens is 467 g/mol. The lowest BCUT2D eigenvalue weighted by Crippen LogP contribution is -2.51. The molecule has 1 saturated heterocycles. The molecule has 0 unspecified atom stereocenters. The van der Waals surface area contributed by atoms with Crippen molar-refractivity contribution < 1.29 is 27.4 Å². The maximum Gasteiger partial charge on any atom is 0.260 e. The first-order chi connectivity index (χ1) is 14.8. The average Bonchev–Trinajstić information content (AvgIpc) is 2.78. The smallest absolute Gasteiger partial charge is 0.260 e. The molecule has 1 heterocycles. The predicted octanol–water partition coefficient (Wildman–Crippen LogP) is 2.92. The predicted molar refractivity (Wildman–Crippen MR) is 117 cm³/mol. The number of hydrogen-bond acceptors (Lipinski definition) is 6. The van der Waals surface area contributed by atoms with Crippen molar-refractivity contribution >= 4 is 39.1 Å². The highest BCUT2D eigenvalue weighted by Crippen LogP contribution is 2.33. The third-order valence-corrected chi connectivity index (χ3v) is 7.33. The summed E-state index contributed by atoms with van der Waals surface area (Å²) in [6.45, 7) is 0.562. The van der Waals surface area contributed by atoms with E-state index in [1.165, 1.54) is 30.7 Å². The van der Waals surface area contributed by atoms with Crippen LogP contribution in [0.1, 0.15) is 0 Å². The molecule has 0 saturated carbocycles. The van der Waals surface area contributed by atoms with Gasteiger partial charge in [-0.15, -0.1) is 0 Å². The average molecular weight is 489 g/mol. The van der Waals surface area contributed by atoms with Crippen molar-refractivity contribution in [3.05, 3.63) is 46.4 Å². The number of para-hydroxylation sites is 1. The van der Waals surface area contributed by atoms with E-state index in [1.807, 2.05) is 0 Å². The van der Waals surface area contributed by atoms with Crippen LogP contribution in [0.3, 0.4) is 0 Å². The molecule has 0 N–H and O–H groups in total. The highest BCUT2D eigenvalue weighted by atomic mass is 35.5. The van der Waals surface area contributed by atoms with Gasteiger partial charge in [0.25, 0.3) is 5.91 Å². The normalized spacial score (nSPS) is 14.9. The fraction of sp³-hybridized carbons (Fsp3) is 0.350. The Morgan fingerprint density at radius 2 is 1.58 bits per heavy atom. The molecule has 0 spiro atoms. The third kappa shape index (κ3) is 5.17. The number of sulfonamides is 1. The van der Waals surface area contributed by atoms with Crippen LogP contribution < -0.4 is 14.2 Å². The summed E-state index contributed by atoms with van der Waals surface area (Å²) >= 11 is 12.1. The number of hydrogen-bond donors (Lipinski definition) is 0. The highest BCUT2D eigenvalue weighted by molar-refractivity contribution is 7.89. The molecule has 1 fully saturated rings. The van der Waals surface area contributed by atoms with Gasteiger partial charge in [-0.1, -0.05) is 29.3 Å². The van der Waals surface area contributed by atoms with E-state index in [9.17, 15) is 13.2 Å². The SMILES string of the molecule is COc1ccc(S(=O)(=O)N2CCN(C(=O)COc3c(Cl)cccc3Cl)CC2)cc1OC. The molecule has 1 aliphatic rings. The quantitative estimate of drug-likeness (QED) is 0.595. The zero-order valence-corrected chi connectivity index (χ0v) is 19.3.